The quantitative estimate of drug-likeness (QED) is 0.362. The zero-order valence-corrected chi connectivity index (χ0v) is 14.3. The van der Waals surface area contributed by atoms with Gasteiger partial charge in [0.05, 0.1) is 6.35 Å². The zero-order valence-electron chi connectivity index (χ0n) is 13.4. The molecule has 0 amide bonds. The summed E-state index contributed by atoms with van der Waals surface area (Å²) in [5.74, 6) is 0. The number of benzene rings is 3. The van der Waals surface area contributed by atoms with Gasteiger partial charge in [-0.05, 0) is 16.3 Å². The van der Waals surface area contributed by atoms with Crippen molar-refractivity contribution in [3.05, 3.63) is 97.1 Å². The van der Waals surface area contributed by atoms with Crippen LogP contribution in [0.4, 0.5) is 0 Å². The second-order valence-corrected chi connectivity index (χ2v) is 7.90. The van der Waals surface area contributed by atoms with Gasteiger partial charge in [-0.2, -0.15) is 0 Å². The molecule has 1 aromatic heterocycles. The summed E-state index contributed by atoms with van der Waals surface area (Å²) < 4.78 is 6.29. The molecule has 0 bridgehead atoms. The van der Waals surface area contributed by atoms with Crippen LogP contribution in [-0.4, -0.2) is 0 Å². The average molecular weight is 330 g/mol. The third-order valence-electron chi connectivity index (χ3n) is 4.41. The van der Waals surface area contributed by atoms with Gasteiger partial charge in [-0.15, -0.1) is 6.58 Å². The first-order valence-electron chi connectivity index (χ1n) is 8.13. The number of ether oxygens (including phenoxy) is 1. The summed E-state index contributed by atoms with van der Waals surface area (Å²) in [6, 6.07) is 27.7. The van der Waals surface area contributed by atoms with E-state index >= 15 is 0 Å². The van der Waals surface area contributed by atoms with Crippen molar-refractivity contribution in [1.29, 1.82) is 0 Å². The topological polar surface area (TPSA) is 9.23 Å². The van der Waals surface area contributed by atoms with E-state index in [9.17, 15) is 0 Å². The largest absolute Gasteiger partial charge is 0.361 e. The van der Waals surface area contributed by atoms with Crippen molar-refractivity contribution in [2.24, 2.45) is 0 Å². The molecule has 0 fully saturated rings. The molecule has 0 saturated carbocycles. The summed E-state index contributed by atoms with van der Waals surface area (Å²) in [4.78, 5) is 0. The Morgan fingerprint density at radius 1 is 0.792 bits per heavy atom. The lowest BCUT2D eigenvalue weighted by Crippen LogP contribution is -1.98. The van der Waals surface area contributed by atoms with Crippen LogP contribution in [0.1, 0.15) is 11.7 Å². The van der Waals surface area contributed by atoms with Gasteiger partial charge in [0, 0.05) is 10.2 Å². The molecule has 0 aliphatic rings. The number of hydrogen-bond donors (Lipinski definition) is 0. The second-order valence-electron chi connectivity index (χ2n) is 5.83. The smallest absolute Gasteiger partial charge is 0.101 e. The molecule has 0 aliphatic heterocycles. The van der Waals surface area contributed by atoms with E-state index in [0.29, 0.717) is 0 Å². The Labute approximate surface area is 143 Å². The maximum absolute atomic E-state index is 6.29. The minimum Gasteiger partial charge on any atom is -0.361 e. The molecule has 1 nitrogen and oxygen atoms in total. The lowest BCUT2D eigenvalue weighted by molar-refractivity contribution is 0.0965. The van der Waals surface area contributed by atoms with E-state index in [1.165, 1.54) is 21.0 Å². The SMILES string of the molecule is C=CC(OCp1c2ccccc2c2ccccc21)c1ccccc1. The Hall–Kier alpha value is -2.34. The van der Waals surface area contributed by atoms with Crippen LogP contribution in [0, 0.1) is 0 Å². The highest BCUT2D eigenvalue weighted by Gasteiger charge is 2.13. The molecule has 0 N–H and O–H groups in total. The molecular weight excluding hydrogens is 311 g/mol. The number of fused-ring (bicyclic) bond motifs is 3. The summed E-state index contributed by atoms with van der Waals surface area (Å²) in [7, 11) is -0.475. The van der Waals surface area contributed by atoms with Gasteiger partial charge in [-0.25, -0.2) is 0 Å². The van der Waals surface area contributed by atoms with Crippen LogP contribution < -0.4 is 0 Å². The van der Waals surface area contributed by atoms with Crippen molar-refractivity contribution in [2.75, 3.05) is 0 Å². The van der Waals surface area contributed by atoms with Gasteiger partial charge in [-0.1, -0.05) is 92.5 Å². The molecule has 0 radical (unpaired) electrons. The Morgan fingerprint density at radius 3 is 1.92 bits per heavy atom. The fraction of sp³-hybridized carbons (Fsp3) is 0.0909. The second kappa shape index (κ2) is 6.65. The average Bonchev–Trinajstić information content (AvgIpc) is 2.97. The van der Waals surface area contributed by atoms with Crippen LogP contribution >= 0.6 is 7.53 Å². The van der Waals surface area contributed by atoms with Crippen LogP contribution in [0.5, 0.6) is 0 Å². The first kappa shape index (κ1) is 15.2. The lowest BCUT2D eigenvalue weighted by atomic mass is 10.1. The molecule has 1 heterocycles. The van der Waals surface area contributed by atoms with Crippen molar-refractivity contribution in [3.63, 3.8) is 0 Å². The van der Waals surface area contributed by atoms with E-state index in [4.69, 9.17) is 4.74 Å². The van der Waals surface area contributed by atoms with Gasteiger partial charge < -0.3 is 4.74 Å². The fourth-order valence-electron chi connectivity index (χ4n) is 3.24. The first-order valence-corrected chi connectivity index (χ1v) is 9.66. The standard InChI is InChI=1S/C22H19OP/c1-2-20(17-10-4-3-5-11-17)23-16-24-21-14-8-6-12-18(21)19-13-7-9-15-22(19)24/h2-15,20H,1,16H2. The van der Waals surface area contributed by atoms with Crippen LogP contribution in [0.2, 0.25) is 0 Å². The van der Waals surface area contributed by atoms with Gasteiger partial charge in [0.15, 0.2) is 0 Å². The highest BCUT2D eigenvalue weighted by atomic mass is 31.1. The number of rotatable bonds is 5. The highest BCUT2D eigenvalue weighted by molar-refractivity contribution is 7.60. The summed E-state index contributed by atoms with van der Waals surface area (Å²) in [5.41, 5.74) is 1.16. The molecule has 24 heavy (non-hydrogen) atoms. The predicted octanol–water partition coefficient (Wildman–Crippen LogP) is 6.88. The Morgan fingerprint density at radius 2 is 1.33 bits per heavy atom. The van der Waals surface area contributed by atoms with E-state index in [0.717, 1.165) is 11.9 Å². The van der Waals surface area contributed by atoms with E-state index in [1.54, 1.807) is 0 Å². The molecule has 4 aromatic rings. The van der Waals surface area contributed by atoms with Crippen molar-refractivity contribution in [3.8, 4) is 0 Å². The van der Waals surface area contributed by atoms with Crippen LogP contribution in [0.25, 0.3) is 21.0 Å². The zero-order chi connectivity index (χ0) is 16.4. The molecule has 0 saturated heterocycles. The van der Waals surface area contributed by atoms with Gasteiger partial charge in [0.25, 0.3) is 0 Å². The van der Waals surface area contributed by atoms with E-state index in [1.807, 2.05) is 24.3 Å². The molecule has 3 aromatic carbocycles. The maximum Gasteiger partial charge on any atom is 0.101 e. The Kier molecular flexibility index (Phi) is 4.21. The van der Waals surface area contributed by atoms with E-state index in [-0.39, 0.29) is 6.10 Å². The fourth-order valence-corrected chi connectivity index (χ4v) is 5.59. The van der Waals surface area contributed by atoms with Crippen molar-refractivity contribution >= 4 is 28.5 Å². The summed E-state index contributed by atoms with van der Waals surface area (Å²) in [5, 5.41) is 5.56. The van der Waals surface area contributed by atoms with Crippen molar-refractivity contribution in [2.45, 2.75) is 12.5 Å². The first-order chi connectivity index (χ1) is 11.9. The monoisotopic (exact) mass is 330 g/mol. The molecule has 0 aliphatic carbocycles. The maximum atomic E-state index is 6.29. The molecule has 4 rings (SSSR count). The molecule has 2 heteroatoms. The molecule has 118 valence electrons. The molecular formula is C22H19OP. The highest BCUT2D eigenvalue weighted by Crippen LogP contribution is 2.50. The normalized spacial score (nSPS) is 12.5. The van der Waals surface area contributed by atoms with Crippen molar-refractivity contribution in [1.82, 2.24) is 0 Å². The van der Waals surface area contributed by atoms with Crippen LogP contribution in [0.3, 0.4) is 0 Å². The summed E-state index contributed by atoms with van der Waals surface area (Å²) >= 11 is 0. The Balaban J connectivity index is 1.72. The molecule has 1 unspecified atom stereocenters. The van der Waals surface area contributed by atoms with Crippen LogP contribution in [0.15, 0.2) is 91.5 Å². The van der Waals surface area contributed by atoms with E-state index in [2.05, 4.69) is 67.2 Å². The summed E-state index contributed by atoms with van der Waals surface area (Å²) in [6.07, 6.45) is 2.54. The predicted molar refractivity (Wildman–Crippen MR) is 105 cm³/mol. The number of hydrogen-bond acceptors (Lipinski definition) is 1. The summed E-state index contributed by atoms with van der Waals surface area (Å²) in [6.45, 7) is 3.95. The minimum absolute atomic E-state index is 0.0615. The lowest BCUT2D eigenvalue weighted by Gasteiger charge is -2.15. The minimum atomic E-state index is -0.475. The van der Waals surface area contributed by atoms with Gasteiger partial charge in [0.1, 0.15) is 6.10 Å². The van der Waals surface area contributed by atoms with Crippen molar-refractivity contribution < 1.29 is 4.74 Å². The van der Waals surface area contributed by atoms with Gasteiger partial charge >= 0.3 is 0 Å². The van der Waals surface area contributed by atoms with Crippen LogP contribution in [-0.2, 0) is 11.1 Å². The molecule has 0 spiro atoms. The van der Waals surface area contributed by atoms with Gasteiger partial charge in [-0.3, -0.25) is 0 Å². The third kappa shape index (κ3) is 2.67. The molecule has 1 atom stereocenters. The van der Waals surface area contributed by atoms with E-state index < -0.39 is 7.53 Å². The Bertz CT molecular complexity index is 931. The third-order valence-corrected chi connectivity index (χ3v) is 6.76. The van der Waals surface area contributed by atoms with Gasteiger partial charge in [0.2, 0.25) is 0 Å².